The molecule has 0 spiro atoms. The number of nitrogens with zero attached hydrogens (tertiary/aromatic N) is 2. The van der Waals surface area contributed by atoms with Crippen molar-refractivity contribution in [3.8, 4) is 0 Å². The lowest BCUT2D eigenvalue weighted by Crippen LogP contribution is -2.33. The van der Waals surface area contributed by atoms with Crippen molar-refractivity contribution in [2.45, 2.75) is 20.4 Å². The number of carbonyl (C=O) groups is 1. The Morgan fingerprint density at radius 1 is 1.25 bits per heavy atom. The molecule has 1 heterocycles. The van der Waals surface area contributed by atoms with Crippen LogP contribution in [0.25, 0.3) is 0 Å². The van der Waals surface area contributed by atoms with Gasteiger partial charge in [0.2, 0.25) is 5.91 Å². The van der Waals surface area contributed by atoms with E-state index in [1.165, 1.54) is 0 Å². The van der Waals surface area contributed by atoms with Gasteiger partial charge in [-0.1, -0.05) is 31.5 Å². The second-order valence-electron chi connectivity index (χ2n) is 4.92. The van der Waals surface area contributed by atoms with Crippen LogP contribution in [0.2, 0.25) is 5.02 Å². The zero-order chi connectivity index (χ0) is 14.5. The van der Waals surface area contributed by atoms with Gasteiger partial charge in [-0.05, 0) is 35.9 Å². The number of benzene rings is 1. The minimum absolute atomic E-state index is 0.0673. The Morgan fingerprint density at radius 3 is 2.50 bits per heavy atom. The standard InChI is InChI=1S/C16H17ClN2O/c1-12(2)16(20)19(11-13-4-3-9-18-10-13)15-7-5-14(17)6-8-15/h3-10,12H,11H2,1-2H3. The van der Waals surface area contributed by atoms with Gasteiger partial charge in [-0.15, -0.1) is 0 Å². The number of anilines is 1. The Kier molecular flexibility index (Phi) is 4.74. The summed E-state index contributed by atoms with van der Waals surface area (Å²) in [5.41, 5.74) is 1.84. The molecule has 1 aromatic heterocycles. The van der Waals surface area contributed by atoms with E-state index in [4.69, 9.17) is 11.6 Å². The fourth-order valence-corrected chi connectivity index (χ4v) is 2.03. The molecule has 20 heavy (non-hydrogen) atoms. The molecule has 1 amide bonds. The Balaban J connectivity index is 2.30. The molecule has 0 atom stereocenters. The van der Waals surface area contributed by atoms with E-state index in [1.54, 1.807) is 29.4 Å². The number of aromatic nitrogens is 1. The van der Waals surface area contributed by atoms with Crippen molar-refractivity contribution in [2.75, 3.05) is 4.90 Å². The lowest BCUT2D eigenvalue weighted by molar-refractivity contribution is -0.121. The molecule has 2 rings (SSSR count). The Morgan fingerprint density at radius 2 is 1.95 bits per heavy atom. The summed E-state index contributed by atoms with van der Waals surface area (Å²) in [6.45, 7) is 4.30. The summed E-state index contributed by atoms with van der Waals surface area (Å²) in [4.78, 5) is 18.3. The van der Waals surface area contributed by atoms with Crippen molar-refractivity contribution in [1.82, 2.24) is 4.98 Å². The first-order valence-electron chi connectivity index (χ1n) is 6.54. The number of amides is 1. The van der Waals surface area contributed by atoms with Gasteiger partial charge in [-0.2, -0.15) is 0 Å². The largest absolute Gasteiger partial charge is 0.308 e. The molecule has 0 bridgehead atoms. The third kappa shape index (κ3) is 3.58. The molecule has 0 unspecified atom stereocenters. The number of hydrogen-bond donors (Lipinski definition) is 0. The Labute approximate surface area is 124 Å². The average Bonchev–Trinajstić information content (AvgIpc) is 2.46. The van der Waals surface area contributed by atoms with Gasteiger partial charge in [0, 0.05) is 29.0 Å². The molecule has 2 aromatic rings. The van der Waals surface area contributed by atoms with E-state index in [1.807, 2.05) is 38.1 Å². The highest BCUT2D eigenvalue weighted by atomic mass is 35.5. The molecule has 1 aromatic carbocycles. The van der Waals surface area contributed by atoms with Crippen LogP contribution in [0.1, 0.15) is 19.4 Å². The van der Waals surface area contributed by atoms with Crippen molar-refractivity contribution in [3.63, 3.8) is 0 Å². The van der Waals surface area contributed by atoms with Crippen LogP contribution in [0.5, 0.6) is 0 Å². The third-order valence-electron chi connectivity index (χ3n) is 2.96. The monoisotopic (exact) mass is 288 g/mol. The van der Waals surface area contributed by atoms with E-state index in [2.05, 4.69) is 4.98 Å². The van der Waals surface area contributed by atoms with Gasteiger partial charge < -0.3 is 4.90 Å². The first kappa shape index (κ1) is 14.5. The normalized spacial score (nSPS) is 10.6. The van der Waals surface area contributed by atoms with Gasteiger partial charge in [0.1, 0.15) is 0 Å². The number of pyridine rings is 1. The van der Waals surface area contributed by atoms with Crippen LogP contribution < -0.4 is 4.90 Å². The summed E-state index contributed by atoms with van der Waals surface area (Å²) >= 11 is 5.91. The number of halogens is 1. The average molecular weight is 289 g/mol. The van der Waals surface area contributed by atoms with Gasteiger partial charge in [0.25, 0.3) is 0 Å². The maximum atomic E-state index is 12.4. The highest BCUT2D eigenvalue weighted by Crippen LogP contribution is 2.22. The summed E-state index contributed by atoms with van der Waals surface area (Å²) < 4.78 is 0. The minimum atomic E-state index is -0.0673. The molecule has 0 aliphatic carbocycles. The Bertz CT molecular complexity index is 567. The molecular weight excluding hydrogens is 272 g/mol. The molecule has 104 valence electrons. The molecule has 0 radical (unpaired) electrons. The molecule has 3 nitrogen and oxygen atoms in total. The van der Waals surface area contributed by atoms with Gasteiger partial charge in [-0.3, -0.25) is 9.78 Å². The zero-order valence-electron chi connectivity index (χ0n) is 11.6. The van der Waals surface area contributed by atoms with Gasteiger partial charge in [-0.25, -0.2) is 0 Å². The van der Waals surface area contributed by atoms with E-state index >= 15 is 0 Å². The molecular formula is C16H17ClN2O. The van der Waals surface area contributed by atoms with Crippen LogP contribution in [0.3, 0.4) is 0 Å². The molecule has 0 aliphatic heterocycles. The van der Waals surface area contributed by atoms with E-state index in [-0.39, 0.29) is 11.8 Å². The molecule has 0 fully saturated rings. The van der Waals surface area contributed by atoms with Crippen molar-refractivity contribution in [2.24, 2.45) is 5.92 Å². The first-order valence-corrected chi connectivity index (χ1v) is 6.91. The van der Waals surface area contributed by atoms with Crippen LogP contribution in [-0.4, -0.2) is 10.9 Å². The topological polar surface area (TPSA) is 33.2 Å². The highest BCUT2D eigenvalue weighted by Gasteiger charge is 2.19. The summed E-state index contributed by atoms with van der Waals surface area (Å²) in [6.07, 6.45) is 3.50. The van der Waals surface area contributed by atoms with Crippen molar-refractivity contribution >= 4 is 23.2 Å². The smallest absolute Gasteiger partial charge is 0.229 e. The molecule has 0 N–H and O–H groups in total. The lowest BCUT2D eigenvalue weighted by Gasteiger charge is -2.24. The second kappa shape index (κ2) is 6.53. The van der Waals surface area contributed by atoms with Gasteiger partial charge >= 0.3 is 0 Å². The van der Waals surface area contributed by atoms with Gasteiger partial charge in [0.05, 0.1) is 6.54 Å². The van der Waals surface area contributed by atoms with E-state index < -0.39 is 0 Å². The lowest BCUT2D eigenvalue weighted by atomic mass is 10.1. The summed E-state index contributed by atoms with van der Waals surface area (Å²) in [5.74, 6) is 0.0125. The maximum Gasteiger partial charge on any atom is 0.229 e. The van der Waals surface area contributed by atoms with Crippen LogP contribution in [-0.2, 0) is 11.3 Å². The zero-order valence-corrected chi connectivity index (χ0v) is 12.3. The molecule has 4 heteroatoms. The van der Waals surface area contributed by atoms with Crippen molar-refractivity contribution < 1.29 is 4.79 Å². The predicted molar refractivity (Wildman–Crippen MR) is 81.7 cm³/mol. The Hall–Kier alpha value is -1.87. The number of rotatable bonds is 4. The van der Waals surface area contributed by atoms with E-state index in [0.717, 1.165) is 11.3 Å². The van der Waals surface area contributed by atoms with Crippen molar-refractivity contribution in [3.05, 3.63) is 59.4 Å². The van der Waals surface area contributed by atoms with Gasteiger partial charge in [0.15, 0.2) is 0 Å². The summed E-state index contributed by atoms with van der Waals surface area (Å²) in [7, 11) is 0. The van der Waals surface area contributed by atoms with Crippen LogP contribution in [0.4, 0.5) is 5.69 Å². The molecule has 0 saturated heterocycles. The van der Waals surface area contributed by atoms with Crippen LogP contribution in [0, 0.1) is 5.92 Å². The quantitative estimate of drug-likeness (QED) is 0.854. The predicted octanol–water partition coefficient (Wildman–Crippen LogP) is 3.92. The van der Waals surface area contributed by atoms with Crippen LogP contribution in [0.15, 0.2) is 48.8 Å². The third-order valence-corrected chi connectivity index (χ3v) is 3.21. The SMILES string of the molecule is CC(C)C(=O)N(Cc1cccnc1)c1ccc(Cl)cc1. The molecule has 0 saturated carbocycles. The summed E-state index contributed by atoms with van der Waals surface area (Å²) in [6, 6.07) is 11.1. The molecule has 0 aliphatic rings. The van der Waals surface area contributed by atoms with Crippen molar-refractivity contribution in [1.29, 1.82) is 0 Å². The van der Waals surface area contributed by atoms with E-state index in [0.29, 0.717) is 11.6 Å². The van der Waals surface area contributed by atoms with Crippen LogP contribution >= 0.6 is 11.6 Å². The highest BCUT2D eigenvalue weighted by molar-refractivity contribution is 6.30. The second-order valence-corrected chi connectivity index (χ2v) is 5.35. The fourth-order valence-electron chi connectivity index (χ4n) is 1.90. The number of carbonyl (C=O) groups excluding carboxylic acids is 1. The minimum Gasteiger partial charge on any atom is -0.308 e. The van der Waals surface area contributed by atoms with E-state index in [9.17, 15) is 4.79 Å². The maximum absolute atomic E-state index is 12.4. The number of hydrogen-bond acceptors (Lipinski definition) is 2. The first-order chi connectivity index (χ1) is 9.58. The fraction of sp³-hybridized carbons (Fsp3) is 0.250. The summed E-state index contributed by atoms with van der Waals surface area (Å²) in [5, 5.41) is 0.659.